The summed E-state index contributed by atoms with van der Waals surface area (Å²) in [5.74, 6) is 1.54. The Balaban J connectivity index is 1.39. The minimum absolute atomic E-state index is 0.280. The Morgan fingerprint density at radius 2 is 1.93 bits per heavy atom. The molecule has 1 aliphatic carbocycles. The van der Waals surface area contributed by atoms with Crippen molar-refractivity contribution in [3.8, 4) is 0 Å². The Labute approximate surface area is 171 Å². The number of hydrogen-bond donors (Lipinski definition) is 1. The van der Waals surface area contributed by atoms with Crippen LogP contribution in [0.15, 0.2) is 6.33 Å². The number of ether oxygens (including phenoxy) is 1. The van der Waals surface area contributed by atoms with Crippen LogP contribution in [0.2, 0.25) is 5.28 Å². The standard InChI is InChI=1S/C20H31ClN6O/c1-28-13-5-4-6-15-9-11-26(12-10-15)25-18-17-19(24-20(21)23-18)27(14-22-17)16-7-2-3-8-16/h14-16H,2-13H2,1H3,(H,23,24,25). The van der Waals surface area contributed by atoms with E-state index in [9.17, 15) is 0 Å². The molecule has 2 fully saturated rings. The number of anilines is 1. The van der Waals surface area contributed by atoms with Crippen LogP contribution in [0.3, 0.4) is 0 Å². The lowest BCUT2D eigenvalue weighted by Crippen LogP contribution is -2.38. The van der Waals surface area contributed by atoms with Crippen molar-refractivity contribution in [1.82, 2.24) is 24.5 Å². The summed E-state index contributed by atoms with van der Waals surface area (Å²) in [6.45, 7) is 2.90. The molecule has 0 amide bonds. The second-order valence-corrected chi connectivity index (χ2v) is 8.47. The fourth-order valence-corrected chi connectivity index (χ4v) is 4.74. The number of nitrogens with one attached hydrogen (secondary N) is 1. The van der Waals surface area contributed by atoms with Gasteiger partial charge in [-0.25, -0.2) is 9.99 Å². The molecule has 0 radical (unpaired) electrons. The molecule has 0 atom stereocenters. The quantitative estimate of drug-likeness (QED) is 0.516. The maximum atomic E-state index is 6.25. The highest BCUT2D eigenvalue weighted by atomic mass is 35.5. The van der Waals surface area contributed by atoms with Crippen LogP contribution >= 0.6 is 11.6 Å². The number of methoxy groups -OCH3 is 1. The van der Waals surface area contributed by atoms with Crippen molar-refractivity contribution in [2.24, 2.45) is 5.92 Å². The molecular formula is C20H31ClN6O. The van der Waals surface area contributed by atoms with Gasteiger partial charge in [0.15, 0.2) is 17.0 Å². The second kappa shape index (κ2) is 9.37. The summed E-state index contributed by atoms with van der Waals surface area (Å²) in [4.78, 5) is 13.5. The number of imidazole rings is 1. The van der Waals surface area contributed by atoms with Gasteiger partial charge >= 0.3 is 0 Å². The molecule has 8 heteroatoms. The van der Waals surface area contributed by atoms with Crippen molar-refractivity contribution in [3.63, 3.8) is 0 Å². The molecule has 1 saturated carbocycles. The Bertz CT molecular complexity index is 767. The number of hydrazine groups is 1. The molecule has 0 bridgehead atoms. The number of piperidine rings is 1. The van der Waals surface area contributed by atoms with E-state index < -0.39 is 0 Å². The molecule has 2 aromatic heterocycles. The summed E-state index contributed by atoms with van der Waals surface area (Å²) in [5.41, 5.74) is 5.13. The molecule has 2 aliphatic rings. The van der Waals surface area contributed by atoms with Crippen LogP contribution in [0, 0.1) is 5.92 Å². The van der Waals surface area contributed by atoms with Crippen molar-refractivity contribution in [2.45, 2.75) is 63.8 Å². The topological polar surface area (TPSA) is 68.1 Å². The molecule has 1 N–H and O–H groups in total. The smallest absolute Gasteiger partial charge is 0.226 e. The summed E-state index contributed by atoms with van der Waals surface area (Å²) < 4.78 is 7.33. The van der Waals surface area contributed by atoms with Gasteiger partial charge in [0.05, 0.1) is 6.33 Å². The highest BCUT2D eigenvalue weighted by molar-refractivity contribution is 6.28. The number of nitrogens with zero attached hydrogens (tertiary/aromatic N) is 5. The molecule has 7 nitrogen and oxygen atoms in total. The first-order chi connectivity index (χ1) is 13.7. The van der Waals surface area contributed by atoms with Crippen LogP contribution in [0.25, 0.3) is 11.2 Å². The summed E-state index contributed by atoms with van der Waals surface area (Å²) in [6, 6.07) is 0.484. The zero-order valence-corrected chi connectivity index (χ0v) is 17.5. The van der Waals surface area contributed by atoms with Crippen LogP contribution < -0.4 is 5.43 Å². The number of hydrogen-bond acceptors (Lipinski definition) is 6. The van der Waals surface area contributed by atoms with E-state index in [1.54, 1.807) is 7.11 Å². The van der Waals surface area contributed by atoms with Gasteiger partial charge in [-0.15, -0.1) is 0 Å². The van der Waals surface area contributed by atoms with Crippen LogP contribution in [0.1, 0.15) is 63.8 Å². The van der Waals surface area contributed by atoms with Crippen molar-refractivity contribution in [2.75, 3.05) is 32.2 Å². The normalized spacial score (nSPS) is 19.6. The average molecular weight is 407 g/mol. The van der Waals surface area contributed by atoms with Crippen LogP contribution in [-0.4, -0.2) is 51.3 Å². The molecule has 0 unspecified atom stereocenters. The fourth-order valence-electron chi connectivity index (χ4n) is 4.58. The summed E-state index contributed by atoms with van der Waals surface area (Å²) >= 11 is 6.25. The fraction of sp³-hybridized carbons (Fsp3) is 0.750. The van der Waals surface area contributed by atoms with E-state index in [-0.39, 0.29) is 5.28 Å². The minimum Gasteiger partial charge on any atom is -0.385 e. The van der Waals surface area contributed by atoms with Crippen LogP contribution in [-0.2, 0) is 4.74 Å². The van der Waals surface area contributed by atoms with E-state index in [1.807, 2.05) is 6.33 Å². The van der Waals surface area contributed by atoms with E-state index in [4.69, 9.17) is 16.3 Å². The molecular weight excluding hydrogens is 376 g/mol. The van der Waals surface area contributed by atoms with Gasteiger partial charge in [0, 0.05) is 32.8 Å². The number of halogens is 1. The number of rotatable bonds is 8. The molecule has 1 aliphatic heterocycles. The van der Waals surface area contributed by atoms with Gasteiger partial charge in [-0.05, 0) is 49.6 Å². The van der Waals surface area contributed by atoms with Crippen LogP contribution in [0.4, 0.5) is 5.82 Å². The molecule has 154 valence electrons. The van der Waals surface area contributed by atoms with E-state index in [0.717, 1.165) is 49.0 Å². The molecule has 28 heavy (non-hydrogen) atoms. The van der Waals surface area contributed by atoms with E-state index in [1.165, 1.54) is 51.4 Å². The molecule has 1 saturated heterocycles. The van der Waals surface area contributed by atoms with Gasteiger partial charge in [0.2, 0.25) is 5.28 Å². The predicted molar refractivity (Wildman–Crippen MR) is 111 cm³/mol. The lowest BCUT2D eigenvalue weighted by atomic mass is 9.92. The highest BCUT2D eigenvalue weighted by Gasteiger charge is 2.24. The Kier molecular flexibility index (Phi) is 6.65. The second-order valence-electron chi connectivity index (χ2n) is 8.13. The van der Waals surface area contributed by atoms with Crippen molar-refractivity contribution in [1.29, 1.82) is 0 Å². The number of unbranched alkanes of at least 4 members (excludes halogenated alkanes) is 1. The lowest BCUT2D eigenvalue weighted by molar-refractivity contribution is 0.179. The van der Waals surface area contributed by atoms with E-state index >= 15 is 0 Å². The van der Waals surface area contributed by atoms with E-state index in [2.05, 4.69) is 30.0 Å². The molecule has 4 rings (SSSR count). The van der Waals surface area contributed by atoms with E-state index in [0.29, 0.717) is 6.04 Å². The summed E-state index contributed by atoms with van der Waals surface area (Å²) in [5, 5.41) is 2.53. The molecule has 3 heterocycles. The number of aromatic nitrogens is 4. The third-order valence-electron chi connectivity index (χ3n) is 6.20. The van der Waals surface area contributed by atoms with Crippen molar-refractivity contribution in [3.05, 3.63) is 11.6 Å². The van der Waals surface area contributed by atoms with Gasteiger partial charge in [-0.1, -0.05) is 25.7 Å². The first kappa shape index (κ1) is 19.9. The minimum atomic E-state index is 0.280. The molecule has 0 spiro atoms. The number of fused-ring (bicyclic) bond motifs is 1. The third-order valence-corrected chi connectivity index (χ3v) is 6.37. The van der Waals surface area contributed by atoms with Gasteiger partial charge in [0.1, 0.15) is 0 Å². The lowest BCUT2D eigenvalue weighted by Gasteiger charge is -2.32. The van der Waals surface area contributed by atoms with Gasteiger partial charge in [-0.3, -0.25) is 0 Å². The SMILES string of the molecule is COCCCCC1CCN(Nc2nc(Cl)nc3c2ncn3C2CCCC2)CC1. The maximum absolute atomic E-state index is 6.25. The Hall–Kier alpha value is -1.44. The third kappa shape index (κ3) is 4.58. The monoisotopic (exact) mass is 406 g/mol. The largest absolute Gasteiger partial charge is 0.385 e. The average Bonchev–Trinajstić information content (AvgIpc) is 3.36. The van der Waals surface area contributed by atoms with Crippen molar-refractivity contribution < 1.29 is 4.74 Å². The Morgan fingerprint density at radius 3 is 2.68 bits per heavy atom. The zero-order chi connectivity index (χ0) is 19.3. The van der Waals surface area contributed by atoms with Gasteiger partial charge < -0.3 is 14.7 Å². The van der Waals surface area contributed by atoms with Gasteiger partial charge in [-0.2, -0.15) is 9.97 Å². The summed E-state index contributed by atoms with van der Waals surface area (Å²) in [6.07, 6.45) is 13.0. The predicted octanol–water partition coefficient (Wildman–Crippen LogP) is 4.45. The van der Waals surface area contributed by atoms with Crippen molar-refractivity contribution >= 4 is 28.6 Å². The highest BCUT2D eigenvalue weighted by Crippen LogP contribution is 2.33. The molecule has 0 aromatic carbocycles. The van der Waals surface area contributed by atoms with Crippen LogP contribution in [0.5, 0.6) is 0 Å². The molecule has 2 aromatic rings. The Morgan fingerprint density at radius 1 is 1.14 bits per heavy atom. The summed E-state index contributed by atoms with van der Waals surface area (Å²) in [7, 11) is 1.78. The maximum Gasteiger partial charge on any atom is 0.226 e. The zero-order valence-electron chi connectivity index (χ0n) is 16.7. The first-order valence-corrected chi connectivity index (χ1v) is 11.0. The van der Waals surface area contributed by atoms with Gasteiger partial charge in [0.25, 0.3) is 0 Å². The first-order valence-electron chi connectivity index (χ1n) is 10.6.